The summed E-state index contributed by atoms with van der Waals surface area (Å²) < 4.78 is 13.7. The number of fused-ring (bicyclic) bond motifs is 3. The summed E-state index contributed by atoms with van der Waals surface area (Å²) in [6.45, 7) is 4.46. The summed E-state index contributed by atoms with van der Waals surface area (Å²) in [4.78, 5) is 32.5. The summed E-state index contributed by atoms with van der Waals surface area (Å²) in [5.74, 6) is 0.914. The summed E-state index contributed by atoms with van der Waals surface area (Å²) in [5, 5.41) is 0.525. The van der Waals surface area contributed by atoms with Gasteiger partial charge in [-0.1, -0.05) is 15.9 Å². The lowest BCUT2D eigenvalue weighted by Crippen LogP contribution is -2.33. The highest BCUT2D eigenvalue weighted by Crippen LogP contribution is 2.34. The summed E-state index contributed by atoms with van der Waals surface area (Å²) in [5.41, 5.74) is 5.29. The van der Waals surface area contributed by atoms with Gasteiger partial charge < -0.3 is 19.8 Å². The lowest BCUT2D eigenvalue weighted by molar-refractivity contribution is 0.0517. The van der Waals surface area contributed by atoms with Crippen LogP contribution in [0, 0.1) is 0 Å². The third kappa shape index (κ3) is 5.18. The number of imidazole rings is 1. The number of carbonyl (C=O) groups excluding carboxylic acids is 2. The maximum Gasteiger partial charge on any atom is 0.405 e. The van der Waals surface area contributed by atoms with Crippen LogP contribution in [0.5, 0.6) is 5.75 Å². The summed E-state index contributed by atoms with van der Waals surface area (Å²) in [7, 11) is 0. The Kier molecular flexibility index (Phi) is 6.33. The zero-order valence-electron chi connectivity index (χ0n) is 16.3. The first kappa shape index (κ1) is 21.4. The Morgan fingerprint density at radius 3 is 2.90 bits per heavy atom. The Morgan fingerprint density at radius 1 is 1.45 bits per heavy atom. The molecule has 8 nitrogen and oxygen atoms in total. The number of hydrogen-bond acceptors (Lipinski definition) is 6. The average molecular weight is 481 g/mol. The number of aromatic nitrogens is 2. The van der Waals surface area contributed by atoms with Gasteiger partial charge in [0, 0.05) is 17.1 Å². The topological polar surface area (TPSA) is 109 Å². The molecule has 0 bridgehead atoms. The van der Waals surface area contributed by atoms with Gasteiger partial charge in [0.1, 0.15) is 29.5 Å². The monoisotopic (exact) mass is 480 g/mol. The fourth-order valence-corrected chi connectivity index (χ4v) is 3.97. The van der Waals surface area contributed by atoms with Crippen LogP contribution in [-0.2, 0) is 11.3 Å². The standard InChI is InChI=1S/C19H21BrN4O4S/c1-19(2,28-18(21)26)9-15(29-3)23-17(25)13-10-24-6-7-27-14-8-11(20)4-5-12(14)16(24)22-13/h4-5,8,10H,6-7,9H2,1-3H3,(H2,21,26). The van der Waals surface area contributed by atoms with E-state index in [0.29, 0.717) is 29.8 Å². The van der Waals surface area contributed by atoms with Gasteiger partial charge in [-0.2, -0.15) is 0 Å². The van der Waals surface area contributed by atoms with Crippen LogP contribution in [0.3, 0.4) is 0 Å². The van der Waals surface area contributed by atoms with E-state index in [9.17, 15) is 9.59 Å². The molecule has 154 valence electrons. The Morgan fingerprint density at radius 2 is 2.21 bits per heavy atom. The van der Waals surface area contributed by atoms with Gasteiger partial charge in [-0.05, 0) is 38.3 Å². The predicted octanol–water partition coefficient (Wildman–Crippen LogP) is 3.87. The van der Waals surface area contributed by atoms with E-state index in [1.807, 2.05) is 22.8 Å². The number of primary amides is 1. The summed E-state index contributed by atoms with van der Waals surface area (Å²) in [6.07, 6.45) is 2.89. The molecule has 1 aliphatic heterocycles. The average Bonchev–Trinajstić information content (AvgIpc) is 2.97. The highest BCUT2D eigenvalue weighted by Gasteiger charge is 2.26. The van der Waals surface area contributed by atoms with E-state index in [1.54, 1.807) is 26.3 Å². The van der Waals surface area contributed by atoms with Crippen molar-refractivity contribution in [3.8, 4) is 17.1 Å². The zero-order valence-corrected chi connectivity index (χ0v) is 18.7. The molecule has 0 saturated heterocycles. The fraction of sp³-hybridized carbons (Fsp3) is 0.368. The second-order valence-corrected chi connectivity index (χ2v) is 8.80. The van der Waals surface area contributed by atoms with Gasteiger partial charge in [-0.15, -0.1) is 11.8 Å². The molecule has 10 heteroatoms. The molecule has 2 amide bonds. The van der Waals surface area contributed by atoms with E-state index >= 15 is 0 Å². The van der Waals surface area contributed by atoms with E-state index in [0.717, 1.165) is 10.0 Å². The third-order valence-electron chi connectivity index (χ3n) is 4.19. The summed E-state index contributed by atoms with van der Waals surface area (Å²) >= 11 is 4.75. The second kappa shape index (κ2) is 8.58. The Bertz CT molecular complexity index is 987. The molecule has 3 rings (SSSR count). The molecule has 1 aromatic carbocycles. The molecule has 2 heterocycles. The van der Waals surface area contributed by atoms with Crippen LogP contribution in [0.1, 0.15) is 30.8 Å². The van der Waals surface area contributed by atoms with Crippen molar-refractivity contribution >= 4 is 44.7 Å². The minimum absolute atomic E-state index is 0.246. The fourth-order valence-electron chi connectivity index (χ4n) is 2.96. The molecule has 0 fully saturated rings. The van der Waals surface area contributed by atoms with Crippen molar-refractivity contribution in [1.29, 1.82) is 0 Å². The number of hydrogen-bond donors (Lipinski definition) is 1. The van der Waals surface area contributed by atoms with Crippen LogP contribution >= 0.6 is 27.7 Å². The Balaban J connectivity index is 1.88. The molecule has 0 aliphatic carbocycles. The molecule has 0 radical (unpaired) electrons. The van der Waals surface area contributed by atoms with Gasteiger partial charge in [0.25, 0.3) is 5.91 Å². The largest absolute Gasteiger partial charge is 0.491 e. The van der Waals surface area contributed by atoms with Gasteiger partial charge in [0.05, 0.1) is 17.2 Å². The van der Waals surface area contributed by atoms with Crippen LogP contribution in [0.2, 0.25) is 0 Å². The SMILES string of the molecule is CSC(CC(C)(C)OC(N)=O)=NC(=O)c1cn2c(n1)-c1ccc(Br)cc1OCC2. The molecular formula is C19H21BrN4O4S. The van der Waals surface area contributed by atoms with Crippen LogP contribution in [-0.4, -0.2) is 45.1 Å². The third-order valence-corrected chi connectivity index (χ3v) is 5.39. The number of ether oxygens (including phenoxy) is 2. The van der Waals surface area contributed by atoms with Crippen molar-refractivity contribution in [2.45, 2.75) is 32.4 Å². The highest BCUT2D eigenvalue weighted by molar-refractivity contribution is 9.10. The predicted molar refractivity (Wildman–Crippen MR) is 116 cm³/mol. The van der Waals surface area contributed by atoms with Crippen LogP contribution in [0.15, 0.2) is 33.9 Å². The molecule has 0 unspecified atom stereocenters. The van der Waals surface area contributed by atoms with E-state index in [1.165, 1.54) is 11.8 Å². The Labute approximate surface area is 181 Å². The van der Waals surface area contributed by atoms with E-state index in [4.69, 9.17) is 15.2 Å². The van der Waals surface area contributed by atoms with Gasteiger partial charge in [0.2, 0.25) is 0 Å². The van der Waals surface area contributed by atoms with Gasteiger partial charge >= 0.3 is 6.09 Å². The molecular weight excluding hydrogens is 460 g/mol. The second-order valence-electron chi connectivity index (χ2n) is 7.00. The smallest absolute Gasteiger partial charge is 0.405 e. The molecule has 2 aromatic rings. The van der Waals surface area contributed by atoms with Crippen molar-refractivity contribution in [2.75, 3.05) is 12.9 Å². The van der Waals surface area contributed by atoms with Crippen LogP contribution < -0.4 is 10.5 Å². The van der Waals surface area contributed by atoms with E-state index in [2.05, 4.69) is 25.9 Å². The first-order valence-electron chi connectivity index (χ1n) is 8.83. The minimum Gasteiger partial charge on any atom is -0.491 e. The first-order chi connectivity index (χ1) is 13.7. The van der Waals surface area contributed by atoms with E-state index in [-0.39, 0.29) is 12.1 Å². The molecule has 0 spiro atoms. The van der Waals surface area contributed by atoms with Crippen LogP contribution in [0.25, 0.3) is 11.4 Å². The number of nitrogens with zero attached hydrogens (tertiary/aromatic N) is 3. The Hall–Kier alpha value is -2.33. The van der Waals surface area contributed by atoms with E-state index < -0.39 is 17.6 Å². The molecule has 0 atom stereocenters. The lowest BCUT2D eigenvalue weighted by atomic mass is 10.1. The van der Waals surface area contributed by atoms with Gasteiger partial charge in [0.15, 0.2) is 0 Å². The molecule has 29 heavy (non-hydrogen) atoms. The van der Waals surface area contributed by atoms with Crippen molar-refractivity contribution in [3.63, 3.8) is 0 Å². The number of nitrogens with two attached hydrogens (primary N) is 1. The van der Waals surface area contributed by atoms with Crippen molar-refractivity contribution in [3.05, 3.63) is 34.6 Å². The van der Waals surface area contributed by atoms with Gasteiger partial charge in [-0.25, -0.2) is 14.8 Å². The number of rotatable bonds is 4. The summed E-state index contributed by atoms with van der Waals surface area (Å²) in [6, 6.07) is 5.68. The number of aliphatic imine (C=N–C) groups is 1. The highest BCUT2D eigenvalue weighted by atomic mass is 79.9. The number of halogens is 1. The maximum absolute atomic E-state index is 12.7. The lowest BCUT2D eigenvalue weighted by Gasteiger charge is -2.23. The molecule has 1 aliphatic rings. The van der Waals surface area contributed by atoms with Crippen molar-refractivity contribution in [2.24, 2.45) is 10.7 Å². The quantitative estimate of drug-likeness (QED) is 0.525. The number of benzene rings is 1. The number of carbonyl (C=O) groups is 2. The first-order valence-corrected chi connectivity index (χ1v) is 10.8. The molecule has 2 N–H and O–H groups in total. The number of thioether (sulfide) groups is 1. The van der Waals surface area contributed by atoms with Gasteiger partial charge in [-0.3, -0.25) is 4.79 Å². The van der Waals surface area contributed by atoms with Crippen molar-refractivity contribution in [1.82, 2.24) is 9.55 Å². The van der Waals surface area contributed by atoms with Crippen molar-refractivity contribution < 1.29 is 19.1 Å². The minimum atomic E-state index is -0.872. The molecule has 1 aromatic heterocycles. The van der Waals surface area contributed by atoms with Crippen LogP contribution in [0.4, 0.5) is 4.79 Å². The number of amides is 2. The zero-order chi connectivity index (χ0) is 21.2. The maximum atomic E-state index is 12.7. The normalized spacial score (nSPS) is 13.7. The molecule has 0 saturated carbocycles.